The van der Waals surface area contributed by atoms with Crippen molar-refractivity contribution in [1.82, 2.24) is 9.59 Å². The van der Waals surface area contributed by atoms with Crippen LogP contribution < -0.4 is 5.32 Å². The van der Waals surface area contributed by atoms with E-state index >= 15 is 0 Å². The van der Waals surface area contributed by atoms with E-state index in [1.54, 1.807) is 12.1 Å². The second-order valence-corrected chi connectivity index (χ2v) is 5.37. The van der Waals surface area contributed by atoms with Crippen molar-refractivity contribution in [2.24, 2.45) is 0 Å². The average molecular weight is 277 g/mol. The molecular formula is C13H15N3O2S. The van der Waals surface area contributed by atoms with Gasteiger partial charge in [-0.2, -0.15) is 0 Å². The van der Waals surface area contributed by atoms with Crippen LogP contribution in [-0.4, -0.2) is 20.6 Å². The van der Waals surface area contributed by atoms with Crippen LogP contribution >= 0.6 is 11.5 Å². The molecule has 100 valence electrons. The molecule has 0 spiro atoms. The first-order chi connectivity index (χ1) is 8.99. The summed E-state index contributed by atoms with van der Waals surface area (Å²) in [6.07, 6.45) is 0. The molecule has 0 radical (unpaired) electrons. The van der Waals surface area contributed by atoms with Crippen LogP contribution in [0.2, 0.25) is 0 Å². The van der Waals surface area contributed by atoms with E-state index in [1.807, 2.05) is 26.8 Å². The van der Waals surface area contributed by atoms with Crippen LogP contribution in [0.4, 0.5) is 5.69 Å². The molecule has 0 atom stereocenters. The maximum absolute atomic E-state index is 12.1. The summed E-state index contributed by atoms with van der Waals surface area (Å²) >= 11 is 1.06. The number of rotatable bonds is 3. The number of anilines is 1. The van der Waals surface area contributed by atoms with E-state index in [0.29, 0.717) is 16.3 Å². The number of aryl methyl sites for hydroxylation is 1. The number of phenols is 1. The van der Waals surface area contributed by atoms with Gasteiger partial charge in [0, 0.05) is 0 Å². The van der Waals surface area contributed by atoms with Crippen molar-refractivity contribution in [2.45, 2.75) is 26.7 Å². The highest BCUT2D eigenvalue weighted by Crippen LogP contribution is 2.26. The zero-order valence-electron chi connectivity index (χ0n) is 11.0. The van der Waals surface area contributed by atoms with Crippen molar-refractivity contribution < 1.29 is 9.90 Å². The molecule has 0 aliphatic heterocycles. The SMILES string of the molecule is Cc1ccc(NC(=O)c2snnc2C(C)C)c(O)c1. The number of hydrogen-bond acceptors (Lipinski definition) is 5. The van der Waals surface area contributed by atoms with Crippen molar-refractivity contribution in [1.29, 1.82) is 0 Å². The van der Waals surface area contributed by atoms with Crippen molar-refractivity contribution in [2.75, 3.05) is 5.32 Å². The Morgan fingerprint density at radius 3 is 2.79 bits per heavy atom. The summed E-state index contributed by atoms with van der Waals surface area (Å²) in [5.41, 5.74) is 1.99. The van der Waals surface area contributed by atoms with Crippen LogP contribution in [0.1, 0.15) is 40.7 Å². The monoisotopic (exact) mass is 277 g/mol. The molecule has 19 heavy (non-hydrogen) atoms. The van der Waals surface area contributed by atoms with E-state index in [0.717, 1.165) is 17.1 Å². The summed E-state index contributed by atoms with van der Waals surface area (Å²) in [5.74, 6) is -0.110. The molecule has 0 aliphatic carbocycles. The molecule has 0 saturated heterocycles. The van der Waals surface area contributed by atoms with Gasteiger partial charge in [0.25, 0.3) is 5.91 Å². The first-order valence-electron chi connectivity index (χ1n) is 5.92. The number of aromatic hydroxyl groups is 1. The molecule has 2 N–H and O–H groups in total. The van der Waals surface area contributed by atoms with E-state index in [2.05, 4.69) is 14.9 Å². The molecule has 1 aromatic heterocycles. The Labute approximate surface area is 115 Å². The summed E-state index contributed by atoms with van der Waals surface area (Å²) in [7, 11) is 0. The lowest BCUT2D eigenvalue weighted by Gasteiger charge is -2.08. The minimum absolute atomic E-state index is 0.0527. The minimum atomic E-state index is -0.294. The molecule has 6 heteroatoms. The maximum atomic E-state index is 12.1. The molecule has 0 bridgehead atoms. The number of phenolic OH excluding ortho intramolecular Hbond substituents is 1. The number of nitrogens with zero attached hydrogens (tertiary/aromatic N) is 2. The zero-order chi connectivity index (χ0) is 14.0. The van der Waals surface area contributed by atoms with Crippen LogP contribution in [0.5, 0.6) is 5.75 Å². The van der Waals surface area contributed by atoms with E-state index in [1.165, 1.54) is 0 Å². The summed E-state index contributed by atoms with van der Waals surface area (Å²) in [6.45, 7) is 5.78. The van der Waals surface area contributed by atoms with Crippen LogP contribution in [0.3, 0.4) is 0 Å². The summed E-state index contributed by atoms with van der Waals surface area (Å²) in [5, 5.41) is 16.4. The molecular weight excluding hydrogens is 262 g/mol. The molecule has 1 heterocycles. The van der Waals surface area contributed by atoms with E-state index in [9.17, 15) is 9.90 Å². The predicted octanol–water partition coefficient (Wildman–Crippen LogP) is 2.93. The molecule has 0 aliphatic rings. The molecule has 2 rings (SSSR count). The first-order valence-corrected chi connectivity index (χ1v) is 6.69. The third kappa shape index (κ3) is 2.90. The average Bonchev–Trinajstić information content (AvgIpc) is 2.82. The quantitative estimate of drug-likeness (QED) is 0.846. The second kappa shape index (κ2) is 5.36. The van der Waals surface area contributed by atoms with Gasteiger partial charge in [-0.15, -0.1) is 5.10 Å². The van der Waals surface area contributed by atoms with Crippen molar-refractivity contribution in [3.8, 4) is 5.75 Å². The Bertz CT molecular complexity index is 608. The highest BCUT2D eigenvalue weighted by Gasteiger charge is 2.19. The van der Waals surface area contributed by atoms with Gasteiger partial charge >= 0.3 is 0 Å². The summed E-state index contributed by atoms with van der Waals surface area (Å²) in [6, 6.07) is 5.10. The van der Waals surface area contributed by atoms with Gasteiger partial charge in [0.1, 0.15) is 10.6 Å². The highest BCUT2D eigenvalue weighted by molar-refractivity contribution is 7.08. The minimum Gasteiger partial charge on any atom is -0.506 e. The largest absolute Gasteiger partial charge is 0.506 e. The molecule has 0 saturated carbocycles. The first kappa shape index (κ1) is 13.5. The molecule has 0 unspecified atom stereocenters. The van der Waals surface area contributed by atoms with Crippen LogP contribution in [0.25, 0.3) is 0 Å². The number of amides is 1. The fraction of sp³-hybridized carbons (Fsp3) is 0.308. The lowest BCUT2D eigenvalue weighted by atomic mass is 10.1. The Balaban J connectivity index is 2.23. The van der Waals surface area contributed by atoms with Gasteiger partial charge in [-0.05, 0) is 42.1 Å². The summed E-state index contributed by atoms with van der Waals surface area (Å²) in [4.78, 5) is 12.6. The smallest absolute Gasteiger partial charge is 0.269 e. The standard InChI is InChI=1S/C13H15N3O2S/c1-7(2)11-12(19-16-15-11)13(18)14-9-5-4-8(3)6-10(9)17/h4-7,17H,1-3H3,(H,14,18). The Kier molecular flexibility index (Phi) is 3.80. The number of nitrogens with one attached hydrogen (secondary N) is 1. The topological polar surface area (TPSA) is 75.1 Å². The van der Waals surface area contributed by atoms with E-state index < -0.39 is 0 Å². The number of hydrogen-bond donors (Lipinski definition) is 2. The fourth-order valence-corrected chi connectivity index (χ4v) is 2.37. The van der Waals surface area contributed by atoms with Gasteiger partial charge in [-0.1, -0.05) is 24.4 Å². The van der Waals surface area contributed by atoms with Crippen LogP contribution in [-0.2, 0) is 0 Å². The molecule has 5 nitrogen and oxygen atoms in total. The van der Waals surface area contributed by atoms with Crippen molar-refractivity contribution in [3.63, 3.8) is 0 Å². The van der Waals surface area contributed by atoms with Crippen LogP contribution in [0, 0.1) is 6.92 Å². The lowest BCUT2D eigenvalue weighted by molar-refractivity contribution is 0.102. The van der Waals surface area contributed by atoms with Gasteiger partial charge in [-0.3, -0.25) is 4.79 Å². The van der Waals surface area contributed by atoms with Crippen molar-refractivity contribution in [3.05, 3.63) is 34.3 Å². The fourth-order valence-electron chi connectivity index (χ4n) is 1.66. The lowest BCUT2D eigenvalue weighted by Crippen LogP contribution is -2.13. The Hall–Kier alpha value is -1.95. The third-order valence-electron chi connectivity index (χ3n) is 2.67. The molecule has 1 aromatic carbocycles. The Morgan fingerprint density at radius 2 is 2.16 bits per heavy atom. The number of benzene rings is 1. The van der Waals surface area contributed by atoms with Gasteiger partial charge in [-0.25, -0.2) is 0 Å². The van der Waals surface area contributed by atoms with Gasteiger partial charge in [0.2, 0.25) is 0 Å². The third-order valence-corrected chi connectivity index (χ3v) is 3.41. The van der Waals surface area contributed by atoms with Gasteiger partial charge < -0.3 is 10.4 Å². The van der Waals surface area contributed by atoms with Gasteiger partial charge in [0.05, 0.1) is 11.4 Å². The van der Waals surface area contributed by atoms with E-state index in [4.69, 9.17) is 0 Å². The molecule has 1 amide bonds. The second-order valence-electron chi connectivity index (χ2n) is 4.62. The van der Waals surface area contributed by atoms with Gasteiger partial charge in [0.15, 0.2) is 0 Å². The predicted molar refractivity (Wildman–Crippen MR) is 74.8 cm³/mol. The van der Waals surface area contributed by atoms with Crippen molar-refractivity contribution >= 4 is 23.1 Å². The number of aromatic nitrogens is 2. The zero-order valence-corrected chi connectivity index (χ0v) is 11.8. The Morgan fingerprint density at radius 1 is 1.42 bits per heavy atom. The van der Waals surface area contributed by atoms with Crippen LogP contribution in [0.15, 0.2) is 18.2 Å². The molecule has 0 fully saturated rings. The van der Waals surface area contributed by atoms with E-state index in [-0.39, 0.29) is 17.6 Å². The highest BCUT2D eigenvalue weighted by atomic mass is 32.1. The number of carbonyl (C=O) groups excluding carboxylic acids is 1. The summed E-state index contributed by atoms with van der Waals surface area (Å²) < 4.78 is 3.81. The normalized spacial score (nSPS) is 10.7. The maximum Gasteiger partial charge on any atom is 0.269 e. The molecule has 2 aromatic rings. The number of carbonyl (C=O) groups is 1.